The van der Waals surface area contributed by atoms with Crippen molar-refractivity contribution in [1.29, 1.82) is 0 Å². The van der Waals surface area contributed by atoms with E-state index in [1.165, 1.54) is 115 Å². The first kappa shape index (κ1) is 32.2. The zero-order valence-corrected chi connectivity index (χ0v) is 31.5. The van der Waals surface area contributed by atoms with Gasteiger partial charge in [0.15, 0.2) is 6.23 Å². The molecule has 2 unspecified atom stereocenters. The average molecular weight is 722 g/mol. The molecule has 0 saturated heterocycles. The van der Waals surface area contributed by atoms with Crippen molar-refractivity contribution in [2.24, 2.45) is 5.92 Å². The van der Waals surface area contributed by atoms with Crippen LogP contribution in [0.2, 0.25) is 0 Å². The number of hydrogen-bond acceptors (Lipinski definition) is 2. The maximum absolute atomic E-state index is 6.95. The molecule has 0 aromatic heterocycles. The van der Waals surface area contributed by atoms with Gasteiger partial charge in [-0.1, -0.05) is 165 Å². The fourth-order valence-electron chi connectivity index (χ4n) is 11.1. The molecule has 56 heavy (non-hydrogen) atoms. The number of hydrogen-bond donors (Lipinski definition) is 1. The third-order valence-corrected chi connectivity index (χ3v) is 13.7. The Morgan fingerprint density at radius 3 is 1.93 bits per heavy atom. The van der Waals surface area contributed by atoms with Crippen LogP contribution in [0.25, 0.3) is 49.7 Å². The molecule has 2 atom stereocenters. The second-order valence-electron chi connectivity index (χ2n) is 16.6. The molecule has 4 aliphatic carbocycles. The van der Waals surface area contributed by atoms with Crippen molar-refractivity contribution in [1.82, 2.24) is 0 Å². The van der Waals surface area contributed by atoms with Gasteiger partial charge < -0.3 is 10.1 Å². The summed E-state index contributed by atoms with van der Waals surface area (Å²) in [5, 5.41) is 6.61. The first-order valence-corrected chi connectivity index (χ1v) is 20.7. The second kappa shape index (κ2) is 12.4. The number of ether oxygens (including phenoxy) is 1. The molecule has 0 bridgehead atoms. The molecule has 2 nitrogen and oxygen atoms in total. The van der Waals surface area contributed by atoms with Gasteiger partial charge in [-0.05, 0) is 115 Å². The molecule has 1 spiro atoms. The van der Waals surface area contributed by atoms with Gasteiger partial charge in [0, 0.05) is 17.4 Å². The van der Waals surface area contributed by atoms with E-state index in [0.717, 1.165) is 17.9 Å². The smallest absolute Gasteiger partial charge is 0.173 e. The Balaban J connectivity index is 1.01. The summed E-state index contributed by atoms with van der Waals surface area (Å²) in [7, 11) is 0. The molecule has 1 fully saturated rings. The summed E-state index contributed by atoms with van der Waals surface area (Å²) < 4.78 is 6.95. The summed E-state index contributed by atoms with van der Waals surface area (Å²) in [4.78, 5) is 0. The van der Waals surface area contributed by atoms with Crippen LogP contribution in [0.1, 0.15) is 77.8 Å². The van der Waals surface area contributed by atoms with Crippen LogP contribution in [0, 0.1) is 5.92 Å². The quantitative estimate of drug-likeness (QED) is 0.195. The largest absolute Gasteiger partial charge is 0.468 e. The van der Waals surface area contributed by atoms with Gasteiger partial charge in [-0.25, -0.2) is 0 Å². The normalized spacial score (nSPS) is 19.8. The van der Waals surface area contributed by atoms with Crippen LogP contribution in [0.5, 0.6) is 5.75 Å². The van der Waals surface area contributed by atoms with Gasteiger partial charge in [-0.3, -0.25) is 0 Å². The highest BCUT2D eigenvalue weighted by Gasteiger charge is 2.51. The van der Waals surface area contributed by atoms with E-state index in [-0.39, 0.29) is 11.6 Å². The third kappa shape index (κ3) is 4.62. The van der Waals surface area contributed by atoms with E-state index in [4.69, 9.17) is 4.74 Å². The van der Waals surface area contributed by atoms with Gasteiger partial charge >= 0.3 is 0 Å². The summed E-state index contributed by atoms with van der Waals surface area (Å²) in [5.74, 6) is 1.85. The van der Waals surface area contributed by atoms with Gasteiger partial charge in [-0.2, -0.15) is 0 Å². The molecular formula is C54H43NO. The Labute approximate surface area is 329 Å². The van der Waals surface area contributed by atoms with E-state index < -0.39 is 0 Å². The van der Waals surface area contributed by atoms with Gasteiger partial charge in [0.05, 0.1) is 11.1 Å². The van der Waals surface area contributed by atoms with Gasteiger partial charge in [0.1, 0.15) is 5.75 Å². The van der Waals surface area contributed by atoms with Crippen LogP contribution in [0.3, 0.4) is 0 Å². The number of nitrogens with one attached hydrogen (secondary N) is 1. The Hall–Kier alpha value is -6.12. The maximum Gasteiger partial charge on any atom is 0.173 e. The highest BCUT2D eigenvalue weighted by molar-refractivity contribution is 5.97. The summed E-state index contributed by atoms with van der Waals surface area (Å²) in [6, 6.07) is 54.8. The minimum Gasteiger partial charge on any atom is -0.468 e. The maximum atomic E-state index is 6.95. The van der Waals surface area contributed by atoms with Gasteiger partial charge in [0.2, 0.25) is 0 Å². The molecule has 1 aliphatic heterocycles. The SMILES string of the molecule is C1=CC(c2cccc3ccccc23)CC=C1c1cc2c(c(-c3ccc4c(c3)C3(c5ccccc5-c5ccccc53)c3ccccc3-4)c1)NC(C1CCCCC1)O2. The number of fused-ring (bicyclic) bond motifs is 12. The van der Waals surface area contributed by atoms with Gasteiger partial charge in [-0.15, -0.1) is 0 Å². The summed E-state index contributed by atoms with van der Waals surface area (Å²) in [6.07, 6.45) is 14.5. The number of benzene rings is 7. The van der Waals surface area contributed by atoms with Crippen molar-refractivity contribution in [3.8, 4) is 39.1 Å². The molecule has 1 heterocycles. The van der Waals surface area contributed by atoms with Crippen molar-refractivity contribution in [2.45, 2.75) is 56.1 Å². The first-order valence-electron chi connectivity index (χ1n) is 20.7. The molecule has 0 radical (unpaired) electrons. The average Bonchev–Trinajstić information content (AvgIpc) is 3.93. The molecule has 1 N–H and O–H groups in total. The van der Waals surface area contributed by atoms with Gasteiger partial charge in [0.25, 0.3) is 0 Å². The minimum atomic E-state index is -0.379. The lowest BCUT2D eigenvalue weighted by Crippen LogP contribution is -2.31. The number of rotatable bonds is 4. The molecule has 270 valence electrons. The Bertz CT molecular complexity index is 2730. The fourth-order valence-corrected chi connectivity index (χ4v) is 11.1. The summed E-state index contributed by atoms with van der Waals surface area (Å²) >= 11 is 0. The highest BCUT2D eigenvalue weighted by Crippen LogP contribution is 2.63. The van der Waals surface area contributed by atoms with E-state index in [9.17, 15) is 0 Å². The molecule has 7 aromatic carbocycles. The zero-order valence-electron chi connectivity index (χ0n) is 31.5. The van der Waals surface area contributed by atoms with E-state index >= 15 is 0 Å². The standard InChI is InChI=1S/C54H43NO/c1-2-14-37(15-3-1)53-55-52-46(31-39(33-51(52)56-53)34-25-27-36(28-26-34)41-21-12-16-35-13-4-5-17-40(35)41)38-29-30-45-44-20-8-11-24-49(44)54(50(45)32-38)47-22-9-6-18-42(47)43-19-7-10-23-48(43)54/h4-13,16-27,29-33,36-37,53,55H,1-3,14-15,28H2. The van der Waals surface area contributed by atoms with Crippen molar-refractivity contribution in [2.75, 3.05) is 5.32 Å². The van der Waals surface area contributed by atoms with Crippen LogP contribution >= 0.6 is 0 Å². The summed E-state index contributed by atoms with van der Waals surface area (Å²) in [5.41, 5.74) is 17.9. The van der Waals surface area contributed by atoms with Crippen LogP contribution in [0.15, 0.2) is 164 Å². The Morgan fingerprint density at radius 2 is 1.21 bits per heavy atom. The summed E-state index contributed by atoms with van der Waals surface area (Å²) in [6.45, 7) is 0. The molecule has 2 heteroatoms. The zero-order chi connectivity index (χ0) is 36.8. The molecule has 0 amide bonds. The van der Waals surface area contributed by atoms with Crippen molar-refractivity contribution in [3.63, 3.8) is 0 Å². The van der Waals surface area contributed by atoms with Crippen LogP contribution in [0.4, 0.5) is 5.69 Å². The van der Waals surface area contributed by atoms with E-state index in [1.54, 1.807) is 0 Å². The van der Waals surface area contributed by atoms with E-state index in [1.807, 2.05) is 0 Å². The van der Waals surface area contributed by atoms with Crippen LogP contribution in [-0.2, 0) is 5.41 Å². The lowest BCUT2D eigenvalue weighted by Gasteiger charge is -2.30. The Kier molecular flexibility index (Phi) is 7.15. The predicted octanol–water partition coefficient (Wildman–Crippen LogP) is 13.7. The van der Waals surface area contributed by atoms with Crippen LogP contribution in [-0.4, -0.2) is 6.23 Å². The molecular weight excluding hydrogens is 679 g/mol. The van der Waals surface area contributed by atoms with E-state index in [2.05, 4.69) is 169 Å². The number of allylic oxidation sites excluding steroid dienone is 4. The fraction of sp³-hybridized carbons (Fsp3) is 0.185. The molecule has 7 aromatic rings. The third-order valence-electron chi connectivity index (χ3n) is 13.7. The van der Waals surface area contributed by atoms with E-state index in [0.29, 0.717) is 11.8 Å². The van der Waals surface area contributed by atoms with Crippen LogP contribution < -0.4 is 10.1 Å². The lowest BCUT2D eigenvalue weighted by atomic mass is 9.70. The molecule has 5 aliphatic rings. The topological polar surface area (TPSA) is 21.3 Å². The lowest BCUT2D eigenvalue weighted by molar-refractivity contribution is 0.146. The monoisotopic (exact) mass is 721 g/mol. The van der Waals surface area contributed by atoms with Crippen molar-refractivity contribution in [3.05, 3.63) is 197 Å². The molecule has 12 rings (SSSR count). The first-order chi connectivity index (χ1) is 27.8. The predicted molar refractivity (Wildman–Crippen MR) is 231 cm³/mol. The second-order valence-corrected chi connectivity index (χ2v) is 16.6. The Morgan fingerprint density at radius 1 is 0.554 bits per heavy atom. The molecule has 1 saturated carbocycles. The van der Waals surface area contributed by atoms with Crippen molar-refractivity contribution >= 4 is 22.0 Å². The highest BCUT2D eigenvalue weighted by atomic mass is 16.5. The number of anilines is 1. The minimum absolute atomic E-state index is 0.00419. The van der Waals surface area contributed by atoms with Crippen molar-refractivity contribution < 1.29 is 4.74 Å².